The molecule has 0 aromatic heterocycles. The van der Waals surface area contributed by atoms with Crippen LogP contribution in [0, 0.1) is 11.8 Å². The number of likely N-dealkylation sites (tertiary alicyclic amines) is 2. The number of nitrogens with two attached hydrogens (primary N) is 1. The van der Waals surface area contributed by atoms with Crippen LogP contribution in [-0.4, -0.2) is 41.9 Å². The van der Waals surface area contributed by atoms with Gasteiger partial charge < -0.3 is 10.6 Å². The smallest absolute Gasteiger partial charge is 0.219 e. The molecule has 4 rings (SSSR count). The molecular formula is C23H31Cl2N3O. The van der Waals surface area contributed by atoms with E-state index in [1.807, 2.05) is 6.07 Å². The lowest BCUT2D eigenvalue weighted by molar-refractivity contribution is -0.130. The van der Waals surface area contributed by atoms with Crippen LogP contribution in [0.1, 0.15) is 29.7 Å². The Morgan fingerprint density at radius 3 is 2.24 bits per heavy atom. The molecule has 0 spiro atoms. The molecule has 2 saturated heterocycles. The molecule has 4 nitrogen and oxygen atoms in total. The Morgan fingerprint density at radius 2 is 1.62 bits per heavy atom. The molecule has 2 N–H and O–H groups in total. The summed E-state index contributed by atoms with van der Waals surface area (Å²) >= 11 is 0. The fraction of sp³-hybridized carbons (Fsp3) is 0.435. The van der Waals surface area contributed by atoms with Gasteiger partial charge in [-0.3, -0.25) is 9.69 Å². The molecule has 0 saturated carbocycles. The van der Waals surface area contributed by atoms with E-state index in [1.54, 1.807) is 6.92 Å². The van der Waals surface area contributed by atoms with Gasteiger partial charge in [-0.1, -0.05) is 54.6 Å². The molecular weight excluding hydrogens is 405 g/mol. The van der Waals surface area contributed by atoms with Crippen LogP contribution in [0.3, 0.4) is 0 Å². The van der Waals surface area contributed by atoms with E-state index in [1.165, 1.54) is 16.7 Å². The van der Waals surface area contributed by atoms with Gasteiger partial charge in [0.05, 0.1) is 6.04 Å². The van der Waals surface area contributed by atoms with E-state index >= 15 is 0 Å². The highest BCUT2D eigenvalue weighted by molar-refractivity contribution is 5.85. The Labute approximate surface area is 186 Å². The zero-order valence-electron chi connectivity index (χ0n) is 16.9. The van der Waals surface area contributed by atoms with Crippen molar-refractivity contribution in [1.29, 1.82) is 0 Å². The van der Waals surface area contributed by atoms with Gasteiger partial charge in [-0.2, -0.15) is 0 Å². The number of carbonyl (C=O) groups excluding carboxylic acids is 1. The standard InChI is InChI=1S/C23H29N3O.2ClH/c1-17(27)26-15-21-14-25(13-19-9-7-18(8-10-19)11-12-24)16-22(21)23(26)20-5-3-2-4-6-20;;/h2-10,21-23H,11-16,24H2,1H3;2*1H/t21-,22-,23-;;/m1../s1. The third-order valence-corrected chi connectivity index (χ3v) is 6.15. The van der Waals surface area contributed by atoms with Crippen molar-refractivity contribution in [3.8, 4) is 0 Å². The molecule has 2 heterocycles. The van der Waals surface area contributed by atoms with Gasteiger partial charge in [0.2, 0.25) is 5.91 Å². The molecule has 2 aliphatic heterocycles. The van der Waals surface area contributed by atoms with Gasteiger partial charge in [0.1, 0.15) is 0 Å². The molecule has 0 unspecified atom stereocenters. The SMILES string of the molecule is CC(=O)N1C[C@H]2CN(Cc3ccc(CCN)cc3)C[C@H]2[C@H]1c1ccccc1.Cl.Cl. The van der Waals surface area contributed by atoms with Crippen LogP contribution in [-0.2, 0) is 17.8 Å². The Morgan fingerprint density at radius 1 is 0.966 bits per heavy atom. The molecule has 6 heteroatoms. The lowest BCUT2D eigenvalue weighted by atomic mass is 9.89. The van der Waals surface area contributed by atoms with Crippen LogP contribution >= 0.6 is 24.8 Å². The first-order valence-electron chi connectivity index (χ1n) is 9.98. The molecule has 2 aromatic rings. The number of rotatable bonds is 5. The van der Waals surface area contributed by atoms with Crippen molar-refractivity contribution in [1.82, 2.24) is 9.80 Å². The molecule has 158 valence electrons. The van der Waals surface area contributed by atoms with Crippen molar-refractivity contribution in [3.63, 3.8) is 0 Å². The number of nitrogens with zero attached hydrogens (tertiary/aromatic N) is 2. The zero-order valence-corrected chi connectivity index (χ0v) is 18.5. The van der Waals surface area contributed by atoms with Gasteiger partial charge in [0, 0.05) is 39.0 Å². The monoisotopic (exact) mass is 435 g/mol. The fourth-order valence-electron chi connectivity index (χ4n) is 4.90. The van der Waals surface area contributed by atoms with E-state index in [4.69, 9.17) is 5.73 Å². The van der Waals surface area contributed by atoms with Crippen LogP contribution in [0.25, 0.3) is 0 Å². The van der Waals surface area contributed by atoms with Gasteiger partial charge in [-0.15, -0.1) is 24.8 Å². The summed E-state index contributed by atoms with van der Waals surface area (Å²) < 4.78 is 0. The summed E-state index contributed by atoms with van der Waals surface area (Å²) in [6.45, 7) is 6.39. The number of fused-ring (bicyclic) bond motifs is 1. The first kappa shape index (κ1) is 23.7. The second-order valence-corrected chi connectivity index (χ2v) is 8.00. The Hall–Kier alpha value is -1.59. The van der Waals surface area contributed by atoms with Gasteiger partial charge in [-0.05, 0) is 35.6 Å². The summed E-state index contributed by atoms with van der Waals surface area (Å²) in [7, 11) is 0. The number of halogens is 2. The van der Waals surface area contributed by atoms with Crippen LogP contribution in [0.2, 0.25) is 0 Å². The zero-order chi connectivity index (χ0) is 18.8. The Bertz CT molecular complexity index is 784. The average Bonchev–Trinajstić information content (AvgIpc) is 3.21. The number of benzene rings is 2. The average molecular weight is 436 g/mol. The molecule has 0 aliphatic carbocycles. The third-order valence-electron chi connectivity index (χ3n) is 6.15. The second kappa shape index (κ2) is 10.4. The molecule has 2 aromatic carbocycles. The Balaban J connectivity index is 0.00000150. The van der Waals surface area contributed by atoms with Crippen molar-refractivity contribution in [2.45, 2.75) is 25.9 Å². The number of carbonyl (C=O) groups is 1. The number of hydrogen-bond donors (Lipinski definition) is 1. The van der Waals surface area contributed by atoms with E-state index in [-0.39, 0.29) is 36.8 Å². The Kier molecular flexibility index (Phi) is 8.53. The lowest BCUT2D eigenvalue weighted by Gasteiger charge is -2.29. The summed E-state index contributed by atoms with van der Waals surface area (Å²) in [5.41, 5.74) is 9.57. The molecule has 2 aliphatic rings. The minimum atomic E-state index is 0. The fourth-order valence-corrected chi connectivity index (χ4v) is 4.90. The molecule has 0 radical (unpaired) electrons. The number of amides is 1. The van der Waals surface area contributed by atoms with E-state index in [0.29, 0.717) is 18.4 Å². The molecule has 1 amide bonds. The van der Waals surface area contributed by atoms with E-state index in [9.17, 15) is 4.79 Å². The summed E-state index contributed by atoms with van der Waals surface area (Å²) in [5.74, 6) is 1.28. The van der Waals surface area contributed by atoms with E-state index in [2.05, 4.69) is 58.3 Å². The maximum absolute atomic E-state index is 12.2. The van der Waals surface area contributed by atoms with Crippen molar-refractivity contribution < 1.29 is 4.79 Å². The van der Waals surface area contributed by atoms with Crippen LogP contribution < -0.4 is 5.73 Å². The first-order chi connectivity index (χ1) is 13.2. The highest BCUT2D eigenvalue weighted by Gasteiger charge is 2.48. The first-order valence-corrected chi connectivity index (χ1v) is 9.98. The van der Waals surface area contributed by atoms with Crippen molar-refractivity contribution in [2.75, 3.05) is 26.2 Å². The van der Waals surface area contributed by atoms with Crippen LogP contribution in [0.4, 0.5) is 0 Å². The van der Waals surface area contributed by atoms with Gasteiger partial charge >= 0.3 is 0 Å². The maximum Gasteiger partial charge on any atom is 0.219 e. The van der Waals surface area contributed by atoms with E-state index < -0.39 is 0 Å². The highest BCUT2D eigenvalue weighted by Crippen LogP contribution is 2.45. The molecule has 2 fully saturated rings. The third kappa shape index (κ3) is 5.13. The van der Waals surface area contributed by atoms with Crippen molar-refractivity contribution in [3.05, 3.63) is 71.3 Å². The van der Waals surface area contributed by atoms with Gasteiger partial charge in [0.15, 0.2) is 0 Å². The normalized spacial score (nSPS) is 23.2. The molecule has 3 atom stereocenters. The predicted molar refractivity (Wildman–Crippen MR) is 123 cm³/mol. The summed E-state index contributed by atoms with van der Waals surface area (Å²) in [4.78, 5) is 16.9. The lowest BCUT2D eigenvalue weighted by Crippen LogP contribution is -2.34. The topological polar surface area (TPSA) is 49.6 Å². The van der Waals surface area contributed by atoms with Crippen LogP contribution in [0.15, 0.2) is 54.6 Å². The summed E-state index contributed by atoms with van der Waals surface area (Å²) in [6.07, 6.45) is 0.938. The van der Waals surface area contributed by atoms with Crippen LogP contribution in [0.5, 0.6) is 0 Å². The van der Waals surface area contributed by atoms with Gasteiger partial charge in [-0.25, -0.2) is 0 Å². The van der Waals surface area contributed by atoms with E-state index in [0.717, 1.165) is 32.6 Å². The summed E-state index contributed by atoms with van der Waals surface area (Å²) in [5, 5.41) is 0. The minimum Gasteiger partial charge on any atom is -0.335 e. The van der Waals surface area contributed by atoms with Crippen molar-refractivity contribution in [2.24, 2.45) is 17.6 Å². The molecule has 29 heavy (non-hydrogen) atoms. The quantitative estimate of drug-likeness (QED) is 0.778. The summed E-state index contributed by atoms with van der Waals surface area (Å²) in [6, 6.07) is 19.6. The number of hydrogen-bond acceptors (Lipinski definition) is 3. The second-order valence-electron chi connectivity index (χ2n) is 8.00. The highest BCUT2D eigenvalue weighted by atomic mass is 35.5. The predicted octanol–water partition coefficient (Wildman–Crippen LogP) is 3.68. The minimum absolute atomic E-state index is 0. The maximum atomic E-state index is 12.2. The van der Waals surface area contributed by atoms with Gasteiger partial charge in [0.25, 0.3) is 0 Å². The van der Waals surface area contributed by atoms with Crippen molar-refractivity contribution >= 4 is 30.7 Å². The molecule has 0 bridgehead atoms. The largest absolute Gasteiger partial charge is 0.335 e.